The molecule has 1 aromatic heterocycles. The fourth-order valence-corrected chi connectivity index (χ4v) is 5.49. The molecule has 0 N–H and O–H groups in total. The number of hydrogen-bond donors (Lipinski definition) is 0. The summed E-state index contributed by atoms with van der Waals surface area (Å²) in [5.41, 5.74) is 2.14. The van der Waals surface area contributed by atoms with Crippen molar-refractivity contribution in [3.8, 4) is 5.75 Å². The van der Waals surface area contributed by atoms with E-state index in [9.17, 15) is 19.2 Å². The standard InChI is InChI=1S/C29H20BrN3O5/c1-32-26-23(27(35)33(2)29(32)37)21(22-24(31-26)19-5-3-4-6-20(19)25(22)34)15-9-13-18(14-10-15)38-28(36)16-7-11-17(30)12-8-16/h3-14,21-22H,1-2H3/t21-,22+/m0/s1. The SMILES string of the molecule is Cn1c2c(c(=O)n(C)c1=O)[C@@H](c1ccc(OC(=O)c3ccc(Br)cc3)cc1)[C@H]1C(=O)c3ccccc3C1=N2. The van der Waals surface area contributed by atoms with Crippen LogP contribution in [0.15, 0.2) is 91.9 Å². The minimum absolute atomic E-state index is 0.128. The van der Waals surface area contributed by atoms with Crippen LogP contribution in [-0.2, 0) is 14.1 Å². The molecule has 8 nitrogen and oxygen atoms in total. The van der Waals surface area contributed by atoms with Gasteiger partial charge in [0.05, 0.1) is 22.8 Å². The first kappa shape index (κ1) is 24.0. The zero-order chi connectivity index (χ0) is 26.7. The van der Waals surface area contributed by atoms with E-state index in [2.05, 4.69) is 15.9 Å². The first-order chi connectivity index (χ1) is 18.3. The third-order valence-corrected chi connectivity index (χ3v) is 7.64. The summed E-state index contributed by atoms with van der Waals surface area (Å²) in [5.74, 6) is -1.48. The van der Waals surface area contributed by atoms with Crippen LogP contribution in [0.25, 0.3) is 0 Å². The number of hydrogen-bond acceptors (Lipinski definition) is 6. The number of Topliss-reactive ketones (excluding diaryl/α,β-unsaturated/α-hetero) is 1. The second-order valence-electron chi connectivity index (χ2n) is 9.27. The Morgan fingerprint density at radius 1 is 0.842 bits per heavy atom. The van der Waals surface area contributed by atoms with Crippen LogP contribution < -0.4 is 16.0 Å². The number of rotatable bonds is 3. The fourth-order valence-electron chi connectivity index (χ4n) is 5.22. The molecule has 0 fully saturated rings. The molecule has 6 rings (SSSR count). The Labute approximate surface area is 225 Å². The van der Waals surface area contributed by atoms with Crippen LogP contribution in [-0.4, -0.2) is 26.6 Å². The molecule has 2 heterocycles. The van der Waals surface area contributed by atoms with Gasteiger partial charge >= 0.3 is 11.7 Å². The van der Waals surface area contributed by atoms with Crippen molar-refractivity contribution in [2.24, 2.45) is 25.0 Å². The molecule has 2 aliphatic rings. The summed E-state index contributed by atoms with van der Waals surface area (Å²) < 4.78 is 8.76. The van der Waals surface area contributed by atoms with Gasteiger partial charge in [0.15, 0.2) is 5.78 Å². The summed E-state index contributed by atoms with van der Waals surface area (Å²) in [6.45, 7) is 0. The normalized spacial score (nSPS) is 17.3. The van der Waals surface area contributed by atoms with E-state index in [4.69, 9.17) is 9.73 Å². The van der Waals surface area contributed by atoms with Crippen molar-refractivity contribution >= 4 is 39.2 Å². The summed E-state index contributed by atoms with van der Waals surface area (Å²) in [7, 11) is 2.98. The van der Waals surface area contributed by atoms with Gasteiger partial charge in [-0.3, -0.25) is 18.7 Å². The number of halogens is 1. The van der Waals surface area contributed by atoms with Crippen molar-refractivity contribution < 1.29 is 14.3 Å². The number of carbonyl (C=O) groups is 2. The molecule has 0 bridgehead atoms. The summed E-state index contributed by atoms with van der Waals surface area (Å²) >= 11 is 3.34. The van der Waals surface area contributed by atoms with Gasteiger partial charge in [0.1, 0.15) is 11.6 Å². The van der Waals surface area contributed by atoms with Gasteiger partial charge in [0.25, 0.3) is 5.56 Å². The fraction of sp³-hybridized carbons (Fsp3) is 0.138. The van der Waals surface area contributed by atoms with Gasteiger partial charge in [0.2, 0.25) is 0 Å². The van der Waals surface area contributed by atoms with Crippen molar-refractivity contribution in [3.63, 3.8) is 0 Å². The molecule has 38 heavy (non-hydrogen) atoms. The molecule has 0 unspecified atom stereocenters. The Morgan fingerprint density at radius 3 is 2.18 bits per heavy atom. The van der Waals surface area contributed by atoms with Crippen LogP contribution in [0.2, 0.25) is 0 Å². The molecular formula is C29H20BrN3O5. The molecule has 188 valence electrons. The number of nitrogens with zero attached hydrogens (tertiary/aromatic N) is 3. The Morgan fingerprint density at radius 2 is 1.50 bits per heavy atom. The summed E-state index contributed by atoms with van der Waals surface area (Å²) in [5, 5.41) is 0. The molecule has 0 amide bonds. The highest BCUT2D eigenvalue weighted by atomic mass is 79.9. The Balaban J connectivity index is 1.46. The molecule has 0 saturated heterocycles. The molecule has 0 saturated carbocycles. The number of carbonyl (C=O) groups excluding carboxylic acids is 2. The maximum atomic E-state index is 13.6. The monoisotopic (exact) mass is 569 g/mol. The molecule has 0 radical (unpaired) electrons. The summed E-state index contributed by atoms with van der Waals surface area (Å²) in [6.07, 6.45) is 0. The molecule has 2 atom stereocenters. The van der Waals surface area contributed by atoms with E-state index in [-0.39, 0.29) is 17.2 Å². The van der Waals surface area contributed by atoms with Gasteiger partial charge in [0, 0.05) is 35.6 Å². The lowest BCUT2D eigenvalue weighted by Gasteiger charge is -2.30. The quantitative estimate of drug-likeness (QED) is 0.272. The second kappa shape index (κ2) is 8.88. The molecule has 1 aliphatic heterocycles. The highest BCUT2D eigenvalue weighted by Gasteiger charge is 2.47. The molecular weight excluding hydrogens is 550 g/mol. The average molecular weight is 570 g/mol. The van der Waals surface area contributed by atoms with E-state index < -0.39 is 29.1 Å². The lowest BCUT2D eigenvalue weighted by Crippen LogP contribution is -2.43. The lowest BCUT2D eigenvalue weighted by atomic mass is 9.76. The highest BCUT2D eigenvalue weighted by molar-refractivity contribution is 9.10. The van der Waals surface area contributed by atoms with Crippen LogP contribution in [0.5, 0.6) is 5.75 Å². The maximum absolute atomic E-state index is 13.6. The van der Waals surface area contributed by atoms with E-state index in [0.717, 1.165) is 9.04 Å². The van der Waals surface area contributed by atoms with Gasteiger partial charge < -0.3 is 4.74 Å². The number of ketones is 1. The van der Waals surface area contributed by atoms with Crippen molar-refractivity contribution in [1.29, 1.82) is 0 Å². The number of aromatic nitrogens is 2. The number of ether oxygens (including phenoxy) is 1. The van der Waals surface area contributed by atoms with Crippen LogP contribution in [0.3, 0.4) is 0 Å². The van der Waals surface area contributed by atoms with Crippen LogP contribution in [0.4, 0.5) is 5.82 Å². The molecule has 3 aromatic carbocycles. The van der Waals surface area contributed by atoms with Crippen LogP contribution >= 0.6 is 15.9 Å². The van der Waals surface area contributed by atoms with E-state index in [1.807, 2.05) is 12.1 Å². The van der Waals surface area contributed by atoms with E-state index in [0.29, 0.717) is 33.7 Å². The smallest absolute Gasteiger partial charge is 0.343 e. The molecule has 1 aliphatic carbocycles. The zero-order valence-electron chi connectivity index (χ0n) is 20.3. The number of fused-ring (bicyclic) bond motifs is 4. The third kappa shape index (κ3) is 3.61. The second-order valence-corrected chi connectivity index (χ2v) is 10.2. The predicted molar refractivity (Wildman–Crippen MR) is 145 cm³/mol. The minimum atomic E-state index is -0.721. The Bertz CT molecular complexity index is 1800. The molecule has 0 spiro atoms. The minimum Gasteiger partial charge on any atom is -0.423 e. The number of esters is 1. The van der Waals surface area contributed by atoms with Gasteiger partial charge in [-0.15, -0.1) is 0 Å². The molecule has 4 aromatic rings. The predicted octanol–water partition coefficient (Wildman–Crippen LogP) is 4.14. The lowest BCUT2D eigenvalue weighted by molar-refractivity contribution is 0.0734. The van der Waals surface area contributed by atoms with Crippen molar-refractivity contribution in [2.75, 3.05) is 0 Å². The van der Waals surface area contributed by atoms with Gasteiger partial charge in [-0.1, -0.05) is 52.3 Å². The summed E-state index contributed by atoms with van der Waals surface area (Å²) in [6, 6.07) is 20.8. The molecule has 9 heteroatoms. The topological polar surface area (TPSA) is 99.7 Å². The highest BCUT2D eigenvalue weighted by Crippen LogP contribution is 2.46. The van der Waals surface area contributed by atoms with Crippen molar-refractivity contribution in [3.05, 3.63) is 126 Å². The van der Waals surface area contributed by atoms with Crippen molar-refractivity contribution in [2.45, 2.75) is 5.92 Å². The average Bonchev–Trinajstić information content (AvgIpc) is 3.22. The van der Waals surface area contributed by atoms with Gasteiger partial charge in [-0.2, -0.15) is 0 Å². The maximum Gasteiger partial charge on any atom is 0.343 e. The Kier molecular flexibility index (Phi) is 5.61. The van der Waals surface area contributed by atoms with Gasteiger partial charge in [-0.05, 0) is 42.0 Å². The first-order valence-corrected chi connectivity index (χ1v) is 12.7. The number of aliphatic imine (C=N–C) groups is 1. The Hall–Kier alpha value is -4.37. The van der Waals surface area contributed by atoms with Crippen molar-refractivity contribution in [1.82, 2.24) is 9.13 Å². The first-order valence-electron chi connectivity index (χ1n) is 11.9. The van der Waals surface area contributed by atoms with Gasteiger partial charge in [-0.25, -0.2) is 14.6 Å². The zero-order valence-corrected chi connectivity index (χ0v) is 21.9. The summed E-state index contributed by atoms with van der Waals surface area (Å²) in [4.78, 5) is 57.1. The number of benzene rings is 3. The third-order valence-electron chi connectivity index (χ3n) is 7.11. The van der Waals surface area contributed by atoms with E-state index >= 15 is 0 Å². The largest absolute Gasteiger partial charge is 0.423 e. The van der Waals surface area contributed by atoms with E-state index in [1.54, 1.807) is 67.7 Å². The van der Waals surface area contributed by atoms with E-state index in [1.165, 1.54) is 11.6 Å². The van der Waals surface area contributed by atoms with Crippen LogP contribution in [0, 0.1) is 5.92 Å². The van der Waals surface area contributed by atoms with Crippen LogP contribution in [0.1, 0.15) is 43.3 Å².